The van der Waals surface area contributed by atoms with Crippen molar-refractivity contribution < 1.29 is 4.42 Å². The molecule has 0 radical (unpaired) electrons. The van der Waals surface area contributed by atoms with Gasteiger partial charge in [-0.25, -0.2) is 0 Å². The average molecular weight is 796 g/mol. The third kappa shape index (κ3) is 5.49. The van der Waals surface area contributed by atoms with E-state index in [1.807, 2.05) is 6.07 Å². The van der Waals surface area contributed by atoms with Crippen LogP contribution < -0.4 is 4.90 Å². The molecule has 12 rings (SSSR count). The van der Waals surface area contributed by atoms with Gasteiger partial charge in [-0.3, -0.25) is 0 Å². The number of anilines is 3. The van der Waals surface area contributed by atoms with Crippen molar-refractivity contribution in [1.82, 2.24) is 0 Å². The molecule has 0 N–H and O–H groups in total. The Labute approximate surface area is 363 Å². The predicted molar refractivity (Wildman–Crippen MR) is 260 cm³/mol. The van der Waals surface area contributed by atoms with Crippen molar-refractivity contribution in [2.24, 2.45) is 0 Å². The van der Waals surface area contributed by atoms with Crippen molar-refractivity contribution in [3.8, 4) is 55.6 Å². The number of nitrogens with zero attached hydrogens (tertiary/aromatic N) is 1. The zero-order chi connectivity index (χ0) is 41.7. The Morgan fingerprint density at radius 1 is 0.323 bits per heavy atom. The van der Waals surface area contributed by atoms with E-state index >= 15 is 0 Å². The van der Waals surface area contributed by atoms with Crippen LogP contribution in [0.5, 0.6) is 0 Å². The van der Waals surface area contributed by atoms with Gasteiger partial charge in [-0.15, -0.1) is 0 Å². The molecule has 0 saturated carbocycles. The van der Waals surface area contributed by atoms with Crippen molar-refractivity contribution in [3.05, 3.63) is 222 Å². The van der Waals surface area contributed by atoms with Crippen LogP contribution in [0.4, 0.5) is 17.1 Å². The summed E-state index contributed by atoms with van der Waals surface area (Å²) >= 11 is 0. The Morgan fingerprint density at radius 3 is 1.53 bits per heavy atom. The average Bonchev–Trinajstić information content (AvgIpc) is 3.89. The number of benzene rings is 9. The summed E-state index contributed by atoms with van der Waals surface area (Å²) in [6, 6.07) is 73.5. The fourth-order valence-corrected chi connectivity index (χ4v) is 10.6. The molecule has 0 aliphatic heterocycles. The van der Waals surface area contributed by atoms with Gasteiger partial charge in [0.15, 0.2) is 0 Å². The highest BCUT2D eigenvalue weighted by atomic mass is 16.3. The lowest BCUT2D eigenvalue weighted by Crippen LogP contribution is -2.18. The van der Waals surface area contributed by atoms with Gasteiger partial charge in [0.05, 0.1) is 0 Å². The van der Waals surface area contributed by atoms with Crippen LogP contribution in [0.2, 0.25) is 0 Å². The highest BCUT2D eigenvalue weighted by Crippen LogP contribution is 2.54. The molecule has 0 spiro atoms. The van der Waals surface area contributed by atoms with Gasteiger partial charge in [0.25, 0.3) is 0 Å². The van der Waals surface area contributed by atoms with E-state index in [0.29, 0.717) is 0 Å². The zero-order valence-electron chi connectivity index (χ0n) is 35.4. The molecule has 2 aliphatic rings. The van der Waals surface area contributed by atoms with Crippen LogP contribution in [-0.2, 0) is 10.8 Å². The largest absolute Gasteiger partial charge is 0.455 e. The van der Waals surface area contributed by atoms with E-state index in [0.717, 1.165) is 44.6 Å². The second-order valence-electron chi connectivity index (χ2n) is 18.1. The number of fused-ring (bicyclic) bond motifs is 9. The van der Waals surface area contributed by atoms with E-state index in [9.17, 15) is 0 Å². The van der Waals surface area contributed by atoms with Crippen LogP contribution in [0.3, 0.4) is 0 Å². The van der Waals surface area contributed by atoms with E-state index in [1.54, 1.807) is 0 Å². The molecular formula is C60H45NO. The Hall–Kier alpha value is -7.42. The lowest BCUT2D eigenvalue weighted by Gasteiger charge is -2.30. The summed E-state index contributed by atoms with van der Waals surface area (Å²) in [4.78, 5) is 2.45. The smallest absolute Gasteiger partial charge is 0.143 e. The molecule has 2 aliphatic carbocycles. The summed E-state index contributed by atoms with van der Waals surface area (Å²) in [6.07, 6.45) is 0. The summed E-state index contributed by atoms with van der Waals surface area (Å²) in [7, 11) is 0. The number of hydrogen-bond acceptors (Lipinski definition) is 2. The van der Waals surface area contributed by atoms with Gasteiger partial charge in [0.1, 0.15) is 11.2 Å². The standard InChI is InChI=1S/C60H45NO/c1-59(2)53-22-10-8-18-47(53)49-32-29-44(36-55(49)59)61(43-27-24-39(25-28-43)41-17-12-16-40(34-41)38-14-6-5-7-15-38)45-30-33-50-48-31-26-42(35-54(48)60(3,4)56(50)37-45)46-20-13-21-52-51-19-9-11-23-57(51)62-58(46)52/h5-37H,1-4H3. The minimum atomic E-state index is -0.237. The van der Waals surface area contributed by atoms with Crippen LogP contribution >= 0.6 is 0 Å². The van der Waals surface area contributed by atoms with Crippen LogP contribution in [0.25, 0.3) is 77.6 Å². The highest BCUT2D eigenvalue weighted by molar-refractivity contribution is 6.09. The molecule has 9 aromatic carbocycles. The third-order valence-corrected chi connectivity index (χ3v) is 13.9. The second-order valence-corrected chi connectivity index (χ2v) is 18.1. The second kappa shape index (κ2) is 13.5. The SMILES string of the molecule is CC1(C)c2ccccc2-c2ccc(N(c3ccc(-c4cccc(-c5ccccc5)c4)cc3)c3ccc4c(c3)C(C)(C)c3cc(-c5cccc6c5oc5ccccc56)ccc3-4)cc21. The molecule has 0 unspecified atom stereocenters. The molecule has 10 aromatic rings. The van der Waals surface area contributed by atoms with Crippen LogP contribution in [0.1, 0.15) is 49.9 Å². The van der Waals surface area contributed by atoms with E-state index in [4.69, 9.17) is 4.42 Å². The lowest BCUT2D eigenvalue weighted by molar-refractivity contribution is 0.659. The maximum Gasteiger partial charge on any atom is 0.143 e. The summed E-state index contributed by atoms with van der Waals surface area (Å²) in [5.41, 5.74) is 22.7. The fraction of sp³-hybridized carbons (Fsp3) is 0.100. The maximum absolute atomic E-state index is 6.51. The van der Waals surface area contributed by atoms with Crippen molar-refractivity contribution in [2.45, 2.75) is 38.5 Å². The molecule has 296 valence electrons. The summed E-state index contributed by atoms with van der Waals surface area (Å²) in [6.45, 7) is 9.49. The molecule has 1 aromatic heterocycles. The molecule has 0 fully saturated rings. The normalized spacial score (nSPS) is 14.1. The first-order chi connectivity index (χ1) is 30.2. The van der Waals surface area contributed by atoms with Gasteiger partial charge >= 0.3 is 0 Å². The fourth-order valence-electron chi connectivity index (χ4n) is 10.6. The predicted octanol–water partition coefficient (Wildman–Crippen LogP) is 16.7. The molecule has 0 saturated heterocycles. The zero-order valence-corrected chi connectivity index (χ0v) is 35.4. The van der Waals surface area contributed by atoms with Crippen molar-refractivity contribution in [2.75, 3.05) is 4.90 Å². The molecule has 62 heavy (non-hydrogen) atoms. The summed E-state index contributed by atoms with van der Waals surface area (Å²) < 4.78 is 6.51. The van der Waals surface area contributed by atoms with E-state index < -0.39 is 0 Å². The van der Waals surface area contributed by atoms with Crippen molar-refractivity contribution in [1.29, 1.82) is 0 Å². The quantitative estimate of drug-likeness (QED) is 0.167. The number of furan rings is 1. The first-order valence-corrected chi connectivity index (χ1v) is 21.7. The Morgan fingerprint density at radius 2 is 0.806 bits per heavy atom. The van der Waals surface area contributed by atoms with Gasteiger partial charge in [0.2, 0.25) is 0 Å². The van der Waals surface area contributed by atoms with Gasteiger partial charge in [-0.2, -0.15) is 0 Å². The van der Waals surface area contributed by atoms with Crippen LogP contribution in [-0.4, -0.2) is 0 Å². The van der Waals surface area contributed by atoms with Gasteiger partial charge in [-0.05, 0) is 127 Å². The van der Waals surface area contributed by atoms with E-state index in [-0.39, 0.29) is 10.8 Å². The lowest BCUT2D eigenvalue weighted by atomic mass is 9.81. The molecule has 2 nitrogen and oxygen atoms in total. The summed E-state index contributed by atoms with van der Waals surface area (Å²) in [5.74, 6) is 0. The van der Waals surface area contributed by atoms with E-state index in [2.05, 4.69) is 227 Å². The Kier molecular flexibility index (Phi) is 7.96. The minimum absolute atomic E-state index is 0.118. The molecule has 2 heteroatoms. The molecule has 0 atom stereocenters. The van der Waals surface area contributed by atoms with Crippen molar-refractivity contribution in [3.63, 3.8) is 0 Å². The van der Waals surface area contributed by atoms with Crippen LogP contribution in [0.15, 0.2) is 205 Å². The topological polar surface area (TPSA) is 16.4 Å². The molecule has 0 bridgehead atoms. The van der Waals surface area contributed by atoms with Crippen molar-refractivity contribution >= 4 is 39.0 Å². The third-order valence-electron chi connectivity index (χ3n) is 13.9. The van der Waals surface area contributed by atoms with E-state index in [1.165, 1.54) is 72.3 Å². The minimum Gasteiger partial charge on any atom is -0.455 e. The first kappa shape index (κ1) is 36.4. The number of rotatable bonds is 6. The first-order valence-electron chi connectivity index (χ1n) is 21.7. The molecule has 1 heterocycles. The van der Waals surface area contributed by atoms with Gasteiger partial charge in [-0.1, -0.05) is 173 Å². The van der Waals surface area contributed by atoms with Gasteiger partial charge < -0.3 is 9.32 Å². The van der Waals surface area contributed by atoms with Crippen LogP contribution in [0, 0.1) is 0 Å². The molecule has 0 amide bonds. The Bertz CT molecular complexity index is 3400. The number of para-hydroxylation sites is 2. The number of hydrogen-bond donors (Lipinski definition) is 0. The maximum atomic E-state index is 6.51. The summed E-state index contributed by atoms with van der Waals surface area (Å²) in [5, 5.41) is 2.30. The highest BCUT2D eigenvalue weighted by Gasteiger charge is 2.38. The Balaban J connectivity index is 0.965. The monoisotopic (exact) mass is 795 g/mol. The van der Waals surface area contributed by atoms with Gasteiger partial charge in [0, 0.05) is 44.2 Å². The molecular weight excluding hydrogens is 751 g/mol.